The fraction of sp³-hybridized carbons (Fsp3) is 0.474. The fourth-order valence-electron chi connectivity index (χ4n) is 3.37. The third-order valence-electron chi connectivity index (χ3n) is 4.65. The van der Waals surface area contributed by atoms with Gasteiger partial charge in [0.2, 0.25) is 11.8 Å². The van der Waals surface area contributed by atoms with Crippen LogP contribution in [0.4, 0.5) is 0 Å². The number of carbonyl (C=O) groups is 2. The summed E-state index contributed by atoms with van der Waals surface area (Å²) >= 11 is 0. The number of likely N-dealkylation sites (tertiary alicyclic amines) is 1. The zero-order valence-corrected chi connectivity index (χ0v) is 15.3. The maximum absolute atomic E-state index is 12.7. The molecule has 0 bridgehead atoms. The molecule has 2 amide bonds. The number of nitrogens with zero attached hydrogens (tertiary/aromatic N) is 4. The van der Waals surface area contributed by atoms with E-state index in [2.05, 4.69) is 15.4 Å². The maximum atomic E-state index is 12.7. The van der Waals surface area contributed by atoms with Crippen LogP contribution in [0.25, 0.3) is 0 Å². The largest absolute Gasteiger partial charge is 0.351 e. The highest BCUT2D eigenvalue weighted by Crippen LogP contribution is 2.32. The van der Waals surface area contributed by atoms with Gasteiger partial charge in [0.15, 0.2) is 0 Å². The van der Waals surface area contributed by atoms with Gasteiger partial charge in [-0.3, -0.25) is 19.3 Å². The van der Waals surface area contributed by atoms with Gasteiger partial charge in [-0.25, -0.2) is 0 Å². The number of amides is 2. The SMILES string of the molecule is CC(=O)NCc1cc([C@@H]2CCCN2C(=O)CCn2ccc(C)n2)ccn1. The number of nitrogens with one attached hydrogen (secondary N) is 1. The van der Waals surface area contributed by atoms with E-state index in [9.17, 15) is 9.59 Å². The molecule has 7 heteroatoms. The predicted molar refractivity (Wildman–Crippen MR) is 97.0 cm³/mol. The van der Waals surface area contributed by atoms with Crippen LogP contribution >= 0.6 is 0 Å². The lowest BCUT2D eigenvalue weighted by Crippen LogP contribution is -2.31. The molecule has 26 heavy (non-hydrogen) atoms. The average molecular weight is 355 g/mol. The molecule has 3 heterocycles. The van der Waals surface area contributed by atoms with E-state index in [0.29, 0.717) is 19.5 Å². The van der Waals surface area contributed by atoms with E-state index >= 15 is 0 Å². The minimum absolute atomic E-state index is 0.0799. The Morgan fingerprint density at radius 2 is 2.19 bits per heavy atom. The highest BCUT2D eigenvalue weighted by Gasteiger charge is 2.29. The molecular formula is C19H25N5O2. The maximum Gasteiger partial charge on any atom is 0.224 e. The Kier molecular flexibility index (Phi) is 5.65. The molecule has 0 aromatic carbocycles. The van der Waals surface area contributed by atoms with Crippen LogP contribution < -0.4 is 5.32 Å². The van der Waals surface area contributed by atoms with Gasteiger partial charge in [0.25, 0.3) is 0 Å². The normalized spacial score (nSPS) is 16.7. The molecule has 1 atom stereocenters. The van der Waals surface area contributed by atoms with Gasteiger partial charge < -0.3 is 10.2 Å². The Balaban J connectivity index is 1.64. The second kappa shape index (κ2) is 8.12. The molecule has 0 spiro atoms. The first-order valence-electron chi connectivity index (χ1n) is 9.02. The lowest BCUT2D eigenvalue weighted by Gasteiger charge is -2.25. The minimum Gasteiger partial charge on any atom is -0.351 e. The van der Waals surface area contributed by atoms with Crippen LogP contribution in [-0.2, 0) is 22.7 Å². The first-order chi connectivity index (χ1) is 12.5. The van der Waals surface area contributed by atoms with E-state index < -0.39 is 0 Å². The fourth-order valence-corrected chi connectivity index (χ4v) is 3.37. The zero-order chi connectivity index (χ0) is 18.5. The summed E-state index contributed by atoms with van der Waals surface area (Å²) in [5.41, 5.74) is 2.85. The molecule has 1 saturated heterocycles. The van der Waals surface area contributed by atoms with Crippen molar-refractivity contribution in [2.24, 2.45) is 0 Å². The summed E-state index contributed by atoms with van der Waals surface area (Å²) in [5, 5.41) is 7.10. The van der Waals surface area contributed by atoms with Crippen LogP contribution in [0.2, 0.25) is 0 Å². The molecule has 2 aromatic heterocycles. The van der Waals surface area contributed by atoms with Crippen LogP contribution in [0.15, 0.2) is 30.6 Å². The van der Waals surface area contributed by atoms with E-state index in [-0.39, 0.29) is 17.9 Å². The number of aromatic nitrogens is 3. The van der Waals surface area contributed by atoms with Gasteiger partial charge in [0.05, 0.1) is 24.0 Å². The van der Waals surface area contributed by atoms with Gasteiger partial charge in [-0.15, -0.1) is 0 Å². The van der Waals surface area contributed by atoms with Gasteiger partial charge in [-0.1, -0.05) is 0 Å². The monoisotopic (exact) mass is 355 g/mol. The number of hydrogen-bond acceptors (Lipinski definition) is 4. The molecule has 1 aliphatic rings. The van der Waals surface area contributed by atoms with Crippen molar-refractivity contribution in [3.8, 4) is 0 Å². The molecule has 7 nitrogen and oxygen atoms in total. The van der Waals surface area contributed by atoms with Gasteiger partial charge in [0, 0.05) is 38.8 Å². The molecule has 3 rings (SSSR count). The number of rotatable bonds is 6. The van der Waals surface area contributed by atoms with Crippen LogP contribution in [0.3, 0.4) is 0 Å². The quantitative estimate of drug-likeness (QED) is 0.859. The molecule has 138 valence electrons. The van der Waals surface area contributed by atoms with Crippen molar-refractivity contribution in [3.05, 3.63) is 47.5 Å². The number of pyridine rings is 1. The molecule has 2 aromatic rings. The second-order valence-corrected chi connectivity index (χ2v) is 6.71. The highest BCUT2D eigenvalue weighted by atomic mass is 16.2. The molecule has 1 N–H and O–H groups in total. The first kappa shape index (κ1) is 18.1. The number of aryl methyl sites for hydroxylation is 2. The Bertz CT molecular complexity index is 786. The van der Waals surface area contributed by atoms with Gasteiger partial charge in [-0.05, 0) is 43.5 Å². The molecule has 0 unspecified atom stereocenters. The van der Waals surface area contributed by atoms with E-state index in [0.717, 1.165) is 36.3 Å². The molecule has 0 saturated carbocycles. The van der Waals surface area contributed by atoms with Crippen molar-refractivity contribution >= 4 is 11.8 Å². The topological polar surface area (TPSA) is 80.1 Å². The molecule has 0 radical (unpaired) electrons. The lowest BCUT2D eigenvalue weighted by atomic mass is 10.0. The Morgan fingerprint density at radius 3 is 2.92 bits per heavy atom. The van der Waals surface area contributed by atoms with Crippen molar-refractivity contribution < 1.29 is 9.59 Å². The van der Waals surface area contributed by atoms with E-state index in [1.54, 1.807) is 6.20 Å². The van der Waals surface area contributed by atoms with Crippen molar-refractivity contribution in [1.82, 2.24) is 25.0 Å². The van der Waals surface area contributed by atoms with Gasteiger partial charge in [-0.2, -0.15) is 5.10 Å². The standard InChI is InChI=1S/C19H25N5O2/c1-14-6-10-23(22-14)11-7-19(26)24-9-3-4-18(24)16-5-8-20-17(12-16)13-21-15(2)25/h5-6,8,10,12,18H,3-4,7,9,11,13H2,1-2H3,(H,21,25)/t18-/m0/s1. The second-order valence-electron chi connectivity index (χ2n) is 6.71. The summed E-state index contributed by atoms with van der Waals surface area (Å²) in [7, 11) is 0. The van der Waals surface area contributed by atoms with Crippen LogP contribution in [0.1, 0.15) is 49.2 Å². The lowest BCUT2D eigenvalue weighted by molar-refractivity contribution is -0.132. The number of hydrogen-bond donors (Lipinski definition) is 1. The van der Waals surface area contributed by atoms with Crippen molar-refractivity contribution in [3.63, 3.8) is 0 Å². The molecule has 1 fully saturated rings. The number of carbonyl (C=O) groups excluding carboxylic acids is 2. The molecule has 0 aliphatic carbocycles. The Hall–Kier alpha value is -2.70. The Labute approximate surface area is 153 Å². The molecular weight excluding hydrogens is 330 g/mol. The predicted octanol–water partition coefficient (Wildman–Crippen LogP) is 1.98. The van der Waals surface area contributed by atoms with Crippen molar-refractivity contribution in [2.45, 2.75) is 52.2 Å². The minimum atomic E-state index is -0.0799. The summed E-state index contributed by atoms with van der Waals surface area (Å²) < 4.78 is 1.82. The van der Waals surface area contributed by atoms with E-state index in [1.165, 1.54) is 6.92 Å². The summed E-state index contributed by atoms with van der Waals surface area (Å²) in [4.78, 5) is 30.1. The summed E-state index contributed by atoms with van der Waals surface area (Å²) in [6, 6.07) is 5.98. The van der Waals surface area contributed by atoms with Crippen LogP contribution in [-0.4, -0.2) is 38.0 Å². The third-order valence-corrected chi connectivity index (χ3v) is 4.65. The van der Waals surface area contributed by atoms with Crippen molar-refractivity contribution in [2.75, 3.05) is 6.54 Å². The first-order valence-corrected chi connectivity index (χ1v) is 9.02. The van der Waals surface area contributed by atoms with Crippen LogP contribution in [0.5, 0.6) is 0 Å². The summed E-state index contributed by atoms with van der Waals surface area (Å²) in [5.74, 6) is 0.0737. The van der Waals surface area contributed by atoms with Gasteiger partial charge >= 0.3 is 0 Å². The Morgan fingerprint density at radius 1 is 1.35 bits per heavy atom. The average Bonchev–Trinajstić information content (AvgIpc) is 3.27. The van der Waals surface area contributed by atoms with Crippen molar-refractivity contribution in [1.29, 1.82) is 0 Å². The summed E-state index contributed by atoms with van der Waals surface area (Å²) in [6.45, 7) is 5.21. The highest BCUT2D eigenvalue weighted by molar-refractivity contribution is 5.77. The van der Waals surface area contributed by atoms with Crippen LogP contribution in [0, 0.1) is 6.92 Å². The smallest absolute Gasteiger partial charge is 0.224 e. The third kappa shape index (κ3) is 4.47. The van der Waals surface area contributed by atoms with E-state index in [1.807, 2.05) is 40.9 Å². The summed E-state index contributed by atoms with van der Waals surface area (Å²) in [6.07, 6.45) is 6.06. The molecule has 1 aliphatic heterocycles. The van der Waals surface area contributed by atoms with E-state index in [4.69, 9.17) is 0 Å². The van der Waals surface area contributed by atoms with Gasteiger partial charge in [0.1, 0.15) is 0 Å². The zero-order valence-electron chi connectivity index (χ0n) is 15.3.